The van der Waals surface area contributed by atoms with E-state index in [4.69, 9.17) is 0 Å². The molecule has 6 nitrogen and oxygen atoms in total. The average Bonchev–Trinajstić information content (AvgIpc) is 2.75. The molecule has 2 rings (SSSR count). The molecule has 0 saturated heterocycles. The van der Waals surface area contributed by atoms with Crippen molar-refractivity contribution in [2.45, 2.75) is 18.4 Å². The highest BCUT2D eigenvalue weighted by molar-refractivity contribution is 7.93. The highest BCUT2D eigenvalue weighted by Crippen LogP contribution is 2.18. The van der Waals surface area contributed by atoms with E-state index in [0.717, 1.165) is 17.1 Å². The summed E-state index contributed by atoms with van der Waals surface area (Å²) in [4.78, 5) is 4.18. The summed E-state index contributed by atoms with van der Waals surface area (Å²) in [5, 5.41) is 3.28. The van der Waals surface area contributed by atoms with Gasteiger partial charge < -0.3 is 5.32 Å². The molecule has 19 heavy (non-hydrogen) atoms. The van der Waals surface area contributed by atoms with Crippen molar-refractivity contribution in [3.63, 3.8) is 0 Å². The summed E-state index contributed by atoms with van der Waals surface area (Å²) in [5.41, 5.74) is 1.02. The second-order valence-electron chi connectivity index (χ2n) is 3.93. The first kappa shape index (κ1) is 13.9. The van der Waals surface area contributed by atoms with E-state index in [1.54, 1.807) is 31.2 Å². The fourth-order valence-corrected chi connectivity index (χ4v) is 3.30. The second-order valence-corrected chi connectivity index (χ2v) is 6.36. The minimum atomic E-state index is -3.59. The number of aryl methyl sites for hydroxylation is 1. The van der Waals surface area contributed by atoms with Crippen LogP contribution in [0.25, 0.3) is 0 Å². The van der Waals surface area contributed by atoms with E-state index in [0.29, 0.717) is 12.4 Å². The number of nitrogens with zero attached hydrogens (tertiary/aromatic N) is 2. The first-order chi connectivity index (χ1) is 9.01. The second kappa shape index (κ2) is 5.64. The van der Waals surface area contributed by atoms with Crippen molar-refractivity contribution >= 4 is 26.7 Å². The van der Waals surface area contributed by atoms with Crippen molar-refractivity contribution in [2.75, 3.05) is 11.8 Å². The lowest BCUT2D eigenvalue weighted by Gasteiger charge is -2.06. The van der Waals surface area contributed by atoms with E-state index in [9.17, 15) is 8.42 Å². The zero-order valence-corrected chi connectivity index (χ0v) is 12.2. The van der Waals surface area contributed by atoms with Crippen molar-refractivity contribution < 1.29 is 8.42 Å². The molecule has 0 spiro atoms. The minimum Gasteiger partial charge on any atom is -0.316 e. The molecule has 1 heterocycles. The molecule has 2 aromatic rings. The lowest BCUT2D eigenvalue weighted by atomic mass is 10.2. The largest absolute Gasteiger partial charge is 0.316 e. The Morgan fingerprint density at radius 3 is 2.47 bits per heavy atom. The van der Waals surface area contributed by atoms with Crippen molar-refractivity contribution in [1.82, 2.24) is 14.7 Å². The summed E-state index contributed by atoms with van der Waals surface area (Å²) in [6.45, 7) is 2.41. The Kier molecular flexibility index (Phi) is 4.13. The molecule has 8 heteroatoms. The van der Waals surface area contributed by atoms with Gasteiger partial charge in [0, 0.05) is 18.1 Å². The molecule has 0 aliphatic rings. The first-order valence-electron chi connectivity index (χ1n) is 5.58. The highest BCUT2D eigenvalue weighted by Gasteiger charge is 2.16. The molecule has 0 amide bonds. The normalized spacial score (nSPS) is 11.5. The lowest BCUT2D eigenvalue weighted by molar-refractivity contribution is 0.601. The van der Waals surface area contributed by atoms with Gasteiger partial charge in [0.15, 0.2) is 0 Å². The van der Waals surface area contributed by atoms with E-state index in [1.807, 2.05) is 7.05 Å². The van der Waals surface area contributed by atoms with Crippen LogP contribution in [0.4, 0.5) is 5.13 Å². The third-order valence-corrected chi connectivity index (χ3v) is 4.57. The maximum atomic E-state index is 12.1. The Bertz CT molecular complexity index is 650. The van der Waals surface area contributed by atoms with Gasteiger partial charge in [-0.3, -0.25) is 4.72 Å². The number of hydrogen-bond acceptors (Lipinski definition) is 6. The summed E-state index contributed by atoms with van der Waals surface area (Å²) >= 11 is 1.02. The Hall–Kier alpha value is -1.51. The van der Waals surface area contributed by atoms with Gasteiger partial charge in [-0.2, -0.15) is 4.37 Å². The van der Waals surface area contributed by atoms with Crippen LogP contribution in [0.1, 0.15) is 11.4 Å². The van der Waals surface area contributed by atoms with Crippen molar-refractivity contribution in [3.8, 4) is 0 Å². The Morgan fingerprint density at radius 2 is 1.95 bits per heavy atom. The summed E-state index contributed by atoms with van der Waals surface area (Å²) in [6, 6.07) is 6.69. The Morgan fingerprint density at radius 1 is 1.26 bits per heavy atom. The SMILES string of the molecule is CNCc1ccc(S(=O)(=O)Nc2nc(C)ns2)cc1. The molecule has 1 aromatic heterocycles. The van der Waals surface area contributed by atoms with E-state index >= 15 is 0 Å². The quantitative estimate of drug-likeness (QED) is 0.871. The van der Waals surface area contributed by atoms with Gasteiger partial charge in [0.2, 0.25) is 5.13 Å². The van der Waals surface area contributed by atoms with Crippen LogP contribution in [0, 0.1) is 6.92 Å². The van der Waals surface area contributed by atoms with Gasteiger partial charge in [-0.1, -0.05) is 12.1 Å². The molecular weight excluding hydrogens is 284 g/mol. The number of anilines is 1. The smallest absolute Gasteiger partial charge is 0.263 e. The Labute approximate surface area is 116 Å². The molecule has 0 aliphatic carbocycles. The Balaban J connectivity index is 2.19. The predicted octanol–water partition coefficient (Wildman–Crippen LogP) is 1.37. The standard InChI is InChI=1S/C11H14N4O2S2/c1-8-13-11(18-14-8)15-19(16,17)10-5-3-9(4-6-10)7-12-2/h3-6,12H,7H2,1-2H3,(H,13,14,15). The van der Waals surface area contributed by atoms with Crippen molar-refractivity contribution in [3.05, 3.63) is 35.7 Å². The number of nitrogens with one attached hydrogen (secondary N) is 2. The van der Waals surface area contributed by atoms with Gasteiger partial charge in [0.1, 0.15) is 5.82 Å². The summed E-state index contributed by atoms with van der Waals surface area (Å²) in [7, 11) is -1.76. The van der Waals surface area contributed by atoms with Crippen molar-refractivity contribution in [2.24, 2.45) is 0 Å². The van der Waals surface area contributed by atoms with Gasteiger partial charge in [0.05, 0.1) is 4.90 Å². The van der Waals surface area contributed by atoms with Crippen LogP contribution in [-0.2, 0) is 16.6 Å². The number of hydrogen-bond donors (Lipinski definition) is 2. The van der Waals surface area contributed by atoms with Crippen molar-refractivity contribution in [1.29, 1.82) is 0 Å². The predicted molar refractivity (Wildman–Crippen MR) is 74.7 cm³/mol. The zero-order chi connectivity index (χ0) is 13.9. The monoisotopic (exact) mass is 298 g/mol. The summed E-state index contributed by atoms with van der Waals surface area (Å²) in [6.07, 6.45) is 0. The highest BCUT2D eigenvalue weighted by atomic mass is 32.2. The molecule has 0 fully saturated rings. The average molecular weight is 298 g/mol. The van der Waals surface area contributed by atoms with Crippen LogP contribution in [-0.4, -0.2) is 24.8 Å². The number of sulfonamides is 1. The number of aromatic nitrogens is 2. The molecule has 0 bridgehead atoms. The van der Waals surface area contributed by atoms with E-state index in [2.05, 4.69) is 19.4 Å². The molecule has 0 atom stereocenters. The summed E-state index contributed by atoms with van der Waals surface area (Å²) < 4.78 is 30.5. The van der Waals surface area contributed by atoms with E-state index in [1.165, 1.54) is 0 Å². The van der Waals surface area contributed by atoms with E-state index in [-0.39, 0.29) is 10.0 Å². The van der Waals surface area contributed by atoms with Gasteiger partial charge in [-0.25, -0.2) is 13.4 Å². The lowest BCUT2D eigenvalue weighted by Crippen LogP contribution is -2.13. The molecule has 0 radical (unpaired) electrons. The van der Waals surface area contributed by atoms with Gasteiger partial charge >= 0.3 is 0 Å². The van der Waals surface area contributed by atoms with Gasteiger partial charge in [0.25, 0.3) is 10.0 Å². The third kappa shape index (κ3) is 3.49. The van der Waals surface area contributed by atoms with Crippen LogP contribution in [0.2, 0.25) is 0 Å². The van der Waals surface area contributed by atoms with Gasteiger partial charge in [-0.05, 0) is 31.7 Å². The molecule has 102 valence electrons. The van der Waals surface area contributed by atoms with Crippen LogP contribution in [0.3, 0.4) is 0 Å². The maximum absolute atomic E-state index is 12.1. The van der Waals surface area contributed by atoms with Crippen LogP contribution in [0.5, 0.6) is 0 Å². The summed E-state index contributed by atoms with van der Waals surface area (Å²) in [5.74, 6) is 0.548. The molecular formula is C11H14N4O2S2. The molecule has 0 saturated carbocycles. The van der Waals surface area contributed by atoms with Crippen LogP contribution < -0.4 is 10.0 Å². The maximum Gasteiger partial charge on any atom is 0.263 e. The number of benzene rings is 1. The first-order valence-corrected chi connectivity index (χ1v) is 7.83. The van der Waals surface area contributed by atoms with E-state index < -0.39 is 10.0 Å². The fraction of sp³-hybridized carbons (Fsp3) is 0.273. The van der Waals surface area contributed by atoms with Crippen LogP contribution >= 0.6 is 11.5 Å². The zero-order valence-electron chi connectivity index (χ0n) is 10.5. The fourth-order valence-electron chi connectivity index (χ4n) is 1.50. The molecule has 2 N–H and O–H groups in total. The van der Waals surface area contributed by atoms with Crippen LogP contribution in [0.15, 0.2) is 29.2 Å². The number of rotatable bonds is 5. The third-order valence-electron chi connectivity index (χ3n) is 2.36. The minimum absolute atomic E-state index is 0.209. The van der Waals surface area contributed by atoms with Gasteiger partial charge in [-0.15, -0.1) is 0 Å². The molecule has 0 aliphatic heterocycles. The molecule has 0 unspecified atom stereocenters. The molecule has 1 aromatic carbocycles. The topological polar surface area (TPSA) is 84.0 Å².